The fraction of sp³-hybridized carbons (Fsp3) is 0.980. The molecule has 8 nitrogen and oxygen atoms in total. The van der Waals surface area contributed by atoms with Crippen LogP contribution < -0.4 is 5.32 Å². The molecule has 0 spiro atoms. The number of aliphatic hydroxyl groups excluding tert-OH is 1. The topological polar surface area (TPSA) is 105 Å². The number of nitrogens with one attached hydrogen (secondary N) is 1. The number of quaternary nitrogens is 1. The molecule has 0 radical (unpaired) electrons. The first kappa shape index (κ1) is 58.5. The number of hydrogen-bond acceptors (Lipinski definition) is 5. The van der Waals surface area contributed by atoms with Crippen LogP contribution in [0.15, 0.2) is 0 Å². The first-order chi connectivity index (χ1) is 28.5. The summed E-state index contributed by atoms with van der Waals surface area (Å²) in [5, 5.41) is 13.8. The molecule has 0 rings (SSSR count). The third kappa shape index (κ3) is 45.3. The molecular formula is C50H104N2O6P+. The van der Waals surface area contributed by atoms with Gasteiger partial charge in [-0.2, -0.15) is 0 Å². The highest BCUT2D eigenvalue weighted by atomic mass is 31.2. The van der Waals surface area contributed by atoms with Gasteiger partial charge in [-0.3, -0.25) is 13.8 Å². The summed E-state index contributed by atoms with van der Waals surface area (Å²) in [6.45, 7) is 4.79. The number of aliphatic hydroxyl groups is 1. The molecule has 0 heterocycles. The quantitative estimate of drug-likeness (QED) is 0.0320. The van der Waals surface area contributed by atoms with Crippen LogP contribution in [0.1, 0.15) is 264 Å². The van der Waals surface area contributed by atoms with Gasteiger partial charge in [-0.1, -0.05) is 245 Å². The monoisotopic (exact) mass is 860 g/mol. The van der Waals surface area contributed by atoms with Crippen LogP contribution in [-0.2, 0) is 18.4 Å². The molecule has 0 aliphatic carbocycles. The van der Waals surface area contributed by atoms with E-state index in [1.165, 1.54) is 193 Å². The number of nitrogens with zero attached hydrogens (tertiary/aromatic N) is 1. The van der Waals surface area contributed by atoms with Crippen molar-refractivity contribution in [1.82, 2.24) is 5.32 Å². The molecule has 0 aliphatic rings. The predicted octanol–water partition coefficient (Wildman–Crippen LogP) is 14.9. The van der Waals surface area contributed by atoms with Gasteiger partial charge in [-0.15, -0.1) is 0 Å². The van der Waals surface area contributed by atoms with Crippen molar-refractivity contribution in [2.45, 2.75) is 276 Å². The van der Waals surface area contributed by atoms with Gasteiger partial charge in [0, 0.05) is 6.42 Å². The first-order valence-electron chi connectivity index (χ1n) is 25.9. The van der Waals surface area contributed by atoms with Crippen LogP contribution in [-0.4, -0.2) is 73.4 Å². The van der Waals surface area contributed by atoms with Crippen LogP contribution in [0.4, 0.5) is 0 Å². The molecule has 59 heavy (non-hydrogen) atoms. The molecule has 1 amide bonds. The zero-order valence-electron chi connectivity index (χ0n) is 40.3. The lowest BCUT2D eigenvalue weighted by atomic mass is 10.0. The van der Waals surface area contributed by atoms with E-state index in [0.717, 1.165) is 44.9 Å². The van der Waals surface area contributed by atoms with Crippen molar-refractivity contribution < 1.29 is 32.9 Å². The number of carbonyl (C=O) groups is 1. The molecule has 0 saturated carbocycles. The van der Waals surface area contributed by atoms with Gasteiger partial charge >= 0.3 is 7.82 Å². The second kappa shape index (κ2) is 42.8. The summed E-state index contributed by atoms with van der Waals surface area (Å²) in [4.78, 5) is 22.8. The molecule has 3 atom stereocenters. The molecule has 3 N–H and O–H groups in total. The molecule has 3 unspecified atom stereocenters. The maximum Gasteiger partial charge on any atom is 0.472 e. The minimum Gasteiger partial charge on any atom is -0.391 e. The van der Waals surface area contributed by atoms with Gasteiger partial charge in [0.05, 0.1) is 39.9 Å². The van der Waals surface area contributed by atoms with Crippen molar-refractivity contribution in [3.8, 4) is 0 Å². The Morgan fingerprint density at radius 1 is 0.508 bits per heavy atom. The third-order valence-electron chi connectivity index (χ3n) is 12.1. The lowest BCUT2D eigenvalue weighted by molar-refractivity contribution is -0.870. The first-order valence-corrected chi connectivity index (χ1v) is 27.4. The molecule has 0 aliphatic heterocycles. The van der Waals surface area contributed by atoms with E-state index in [1.807, 2.05) is 21.1 Å². The van der Waals surface area contributed by atoms with Crippen LogP contribution in [0.25, 0.3) is 0 Å². The molecule has 0 aromatic heterocycles. The second-order valence-electron chi connectivity index (χ2n) is 19.3. The minimum atomic E-state index is -4.29. The largest absolute Gasteiger partial charge is 0.472 e. The molecule has 354 valence electrons. The number of unbranched alkanes of at least 4 members (excludes halogenated alkanes) is 35. The summed E-state index contributed by atoms with van der Waals surface area (Å²) < 4.78 is 23.5. The average Bonchev–Trinajstić information content (AvgIpc) is 3.19. The van der Waals surface area contributed by atoms with Crippen LogP contribution in [0.5, 0.6) is 0 Å². The number of phosphoric ester groups is 1. The lowest BCUT2D eigenvalue weighted by Crippen LogP contribution is -2.46. The van der Waals surface area contributed by atoms with Crippen molar-refractivity contribution in [3.63, 3.8) is 0 Å². The lowest BCUT2D eigenvalue weighted by Gasteiger charge is -2.26. The van der Waals surface area contributed by atoms with E-state index in [9.17, 15) is 19.4 Å². The summed E-state index contributed by atoms with van der Waals surface area (Å²) >= 11 is 0. The summed E-state index contributed by atoms with van der Waals surface area (Å²) in [6.07, 6.45) is 49.6. The number of hydrogen-bond donors (Lipinski definition) is 3. The number of amides is 1. The van der Waals surface area contributed by atoms with Crippen molar-refractivity contribution in [3.05, 3.63) is 0 Å². The Kier molecular flexibility index (Phi) is 42.4. The van der Waals surface area contributed by atoms with Crippen molar-refractivity contribution in [2.24, 2.45) is 0 Å². The summed E-state index contributed by atoms with van der Waals surface area (Å²) in [6, 6.07) is -0.750. The van der Waals surface area contributed by atoms with Gasteiger partial charge in [-0.05, 0) is 12.8 Å². The molecule has 0 aromatic rings. The zero-order chi connectivity index (χ0) is 43.6. The Morgan fingerprint density at radius 3 is 1.14 bits per heavy atom. The van der Waals surface area contributed by atoms with E-state index in [2.05, 4.69) is 19.2 Å². The Bertz CT molecular complexity index is 932. The van der Waals surface area contributed by atoms with Gasteiger partial charge in [0.1, 0.15) is 13.2 Å². The number of phosphoric acid groups is 1. The van der Waals surface area contributed by atoms with Crippen molar-refractivity contribution in [1.29, 1.82) is 0 Å². The molecule has 0 fully saturated rings. The van der Waals surface area contributed by atoms with Gasteiger partial charge in [-0.25, -0.2) is 4.57 Å². The molecule has 0 bridgehead atoms. The van der Waals surface area contributed by atoms with E-state index in [0.29, 0.717) is 23.9 Å². The van der Waals surface area contributed by atoms with E-state index >= 15 is 0 Å². The smallest absolute Gasteiger partial charge is 0.391 e. The molecule has 0 aromatic carbocycles. The summed E-state index contributed by atoms with van der Waals surface area (Å²) in [7, 11) is 1.62. The van der Waals surface area contributed by atoms with Crippen LogP contribution >= 0.6 is 7.82 Å². The van der Waals surface area contributed by atoms with Gasteiger partial charge in [0.15, 0.2) is 0 Å². The van der Waals surface area contributed by atoms with Gasteiger partial charge < -0.3 is 19.8 Å². The van der Waals surface area contributed by atoms with Crippen molar-refractivity contribution in [2.75, 3.05) is 40.9 Å². The minimum absolute atomic E-state index is 0.0774. The molecule has 9 heteroatoms. The number of rotatable bonds is 48. The van der Waals surface area contributed by atoms with Crippen molar-refractivity contribution >= 4 is 13.7 Å². The fourth-order valence-electron chi connectivity index (χ4n) is 7.99. The van der Waals surface area contributed by atoms with E-state index in [1.54, 1.807) is 0 Å². The SMILES string of the molecule is CCCCCCCCCCCCCCCCCCCCCCCCCCCCCCCCCCCC(O)C(COP(=O)(O)OCC[N+](C)(C)C)NC(=O)CCCCCC. The Labute approximate surface area is 368 Å². The summed E-state index contributed by atoms with van der Waals surface area (Å²) in [5.74, 6) is -0.159. The Morgan fingerprint density at radius 2 is 0.814 bits per heavy atom. The highest BCUT2D eigenvalue weighted by Crippen LogP contribution is 2.43. The number of carbonyl (C=O) groups excluding carboxylic acids is 1. The van der Waals surface area contributed by atoms with Gasteiger partial charge in [0.25, 0.3) is 0 Å². The highest BCUT2D eigenvalue weighted by Gasteiger charge is 2.28. The Balaban J connectivity index is 3.72. The normalized spacial score (nSPS) is 14.1. The fourth-order valence-corrected chi connectivity index (χ4v) is 8.73. The van der Waals surface area contributed by atoms with E-state index in [-0.39, 0.29) is 19.1 Å². The van der Waals surface area contributed by atoms with Gasteiger partial charge in [0.2, 0.25) is 5.91 Å². The van der Waals surface area contributed by atoms with Crippen LogP contribution in [0, 0.1) is 0 Å². The van der Waals surface area contributed by atoms with Crippen LogP contribution in [0.2, 0.25) is 0 Å². The average molecular weight is 860 g/mol. The van der Waals surface area contributed by atoms with E-state index < -0.39 is 20.0 Å². The van der Waals surface area contributed by atoms with E-state index in [4.69, 9.17) is 9.05 Å². The third-order valence-corrected chi connectivity index (χ3v) is 13.1. The predicted molar refractivity (Wildman–Crippen MR) is 254 cm³/mol. The second-order valence-corrected chi connectivity index (χ2v) is 20.7. The zero-order valence-corrected chi connectivity index (χ0v) is 41.2. The maximum atomic E-state index is 12.6. The maximum absolute atomic E-state index is 12.6. The Hall–Kier alpha value is -0.500. The standard InChI is InChI=1S/C50H103N2O6P/c1-6-8-10-12-13-14-15-16-17-18-19-20-21-22-23-24-25-26-27-28-29-30-31-32-33-34-35-36-37-38-39-40-41-43-49(53)48(51-50(54)44-42-11-9-7-2)47-58-59(55,56)57-46-45-52(3,4)5/h48-49,53H,6-47H2,1-5H3,(H-,51,54,55,56)/p+1. The molecular weight excluding hydrogens is 756 g/mol. The summed E-state index contributed by atoms with van der Waals surface area (Å²) in [5.41, 5.74) is 0. The van der Waals surface area contributed by atoms with Crippen LogP contribution in [0.3, 0.4) is 0 Å². The molecule has 0 saturated heterocycles. The highest BCUT2D eigenvalue weighted by molar-refractivity contribution is 7.47. The number of likely N-dealkylation sites (N-methyl/N-ethyl adjacent to an activating group) is 1.